The molecule has 1 aliphatic heterocycles. The maximum absolute atomic E-state index is 12.7. The molecule has 2 aromatic rings. The van der Waals surface area contributed by atoms with E-state index in [1.54, 1.807) is 12.4 Å². The highest BCUT2D eigenvalue weighted by Crippen LogP contribution is 2.32. The van der Waals surface area contributed by atoms with Crippen molar-refractivity contribution >= 4 is 23.3 Å². The Morgan fingerprint density at radius 2 is 1.90 bits per heavy atom. The number of nitrogens with zero attached hydrogens (tertiary/aromatic N) is 3. The summed E-state index contributed by atoms with van der Waals surface area (Å²) in [6, 6.07) is 6.16. The number of hydrogen-bond acceptors (Lipinski definition) is 5. The predicted octanol–water partition coefficient (Wildman–Crippen LogP) is 3.74. The van der Waals surface area contributed by atoms with Gasteiger partial charge in [-0.15, -0.1) is 0 Å². The zero-order valence-corrected chi connectivity index (χ0v) is 18.1. The molecule has 6 nitrogen and oxygen atoms in total. The lowest BCUT2D eigenvalue weighted by Crippen LogP contribution is -2.45. The van der Waals surface area contributed by atoms with E-state index in [0.29, 0.717) is 5.02 Å². The lowest BCUT2D eigenvalue weighted by molar-refractivity contribution is -0.126. The zero-order valence-electron chi connectivity index (χ0n) is 17.4. The van der Waals surface area contributed by atoms with Crippen molar-refractivity contribution in [2.45, 2.75) is 57.6 Å². The highest BCUT2D eigenvalue weighted by atomic mass is 35.5. The van der Waals surface area contributed by atoms with Gasteiger partial charge in [0.15, 0.2) is 0 Å². The molecule has 2 aliphatic rings. The first kappa shape index (κ1) is 21.1. The van der Waals surface area contributed by atoms with Crippen LogP contribution in [0.25, 0.3) is 11.3 Å². The lowest BCUT2D eigenvalue weighted by Gasteiger charge is -2.34. The maximum Gasteiger partial charge on any atom is 0.223 e. The third kappa shape index (κ3) is 4.76. The highest BCUT2D eigenvalue weighted by molar-refractivity contribution is 6.33. The van der Waals surface area contributed by atoms with E-state index in [9.17, 15) is 9.90 Å². The molecule has 4 rings (SSSR count). The van der Waals surface area contributed by atoms with Crippen LogP contribution in [-0.2, 0) is 4.79 Å². The van der Waals surface area contributed by atoms with Crippen molar-refractivity contribution in [3.8, 4) is 11.3 Å². The zero-order chi connectivity index (χ0) is 21.1. The first-order valence-electron chi connectivity index (χ1n) is 10.8. The molecule has 1 amide bonds. The van der Waals surface area contributed by atoms with Crippen LogP contribution < -0.4 is 10.2 Å². The minimum Gasteiger partial charge on any atom is -0.393 e. The number of aliphatic hydroxyl groups is 1. The van der Waals surface area contributed by atoms with Crippen molar-refractivity contribution < 1.29 is 9.90 Å². The summed E-state index contributed by atoms with van der Waals surface area (Å²) < 4.78 is 0. The lowest BCUT2D eigenvalue weighted by atomic mass is 9.91. The maximum atomic E-state index is 12.7. The van der Waals surface area contributed by atoms with Gasteiger partial charge in [-0.05, 0) is 63.1 Å². The van der Waals surface area contributed by atoms with Crippen molar-refractivity contribution in [2.24, 2.45) is 5.92 Å². The standard InChI is InChI=1S/C23H29ClN4O2/c1-15-3-2-10-25-22(15)19-13-21(26-14-20(19)24)28-11-8-16(9-12-28)23(30)27-17-4-6-18(29)7-5-17/h2-3,10,13-14,16-18,29H,4-9,11-12H2,1H3,(H,27,30)/t17-,18-. The minimum absolute atomic E-state index is 0.0397. The van der Waals surface area contributed by atoms with E-state index in [1.807, 2.05) is 25.1 Å². The van der Waals surface area contributed by atoms with Gasteiger partial charge >= 0.3 is 0 Å². The smallest absolute Gasteiger partial charge is 0.223 e. The van der Waals surface area contributed by atoms with Crippen LogP contribution in [0, 0.1) is 12.8 Å². The van der Waals surface area contributed by atoms with Gasteiger partial charge in [0.25, 0.3) is 0 Å². The molecule has 0 radical (unpaired) electrons. The Bertz CT molecular complexity index is 891. The number of piperidine rings is 1. The third-order valence-electron chi connectivity index (χ3n) is 6.34. The molecule has 0 spiro atoms. The largest absolute Gasteiger partial charge is 0.393 e. The Morgan fingerprint density at radius 1 is 1.17 bits per heavy atom. The number of carbonyl (C=O) groups excluding carboxylic acids is 1. The van der Waals surface area contributed by atoms with Crippen LogP contribution in [0.15, 0.2) is 30.6 Å². The second-order valence-electron chi connectivity index (χ2n) is 8.47. The van der Waals surface area contributed by atoms with Gasteiger partial charge in [-0.1, -0.05) is 17.7 Å². The van der Waals surface area contributed by atoms with Crippen LogP contribution in [0.4, 0.5) is 5.82 Å². The average molecular weight is 429 g/mol. The first-order valence-corrected chi connectivity index (χ1v) is 11.2. The van der Waals surface area contributed by atoms with E-state index in [2.05, 4.69) is 20.2 Å². The van der Waals surface area contributed by atoms with E-state index in [0.717, 1.165) is 74.3 Å². The van der Waals surface area contributed by atoms with Crippen LogP contribution >= 0.6 is 11.6 Å². The van der Waals surface area contributed by atoms with E-state index < -0.39 is 0 Å². The number of halogens is 1. The second-order valence-corrected chi connectivity index (χ2v) is 8.87. The van der Waals surface area contributed by atoms with Crippen molar-refractivity contribution in [2.75, 3.05) is 18.0 Å². The SMILES string of the molecule is Cc1cccnc1-c1cc(N2CCC(C(=O)N[C@H]3CC[C@H](O)CC3)CC2)ncc1Cl. The number of hydrogen-bond donors (Lipinski definition) is 2. The summed E-state index contributed by atoms with van der Waals surface area (Å²) >= 11 is 6.42. The van der Waals surface area contributed by atoms with Gasteiger partial charge in [-0.3, -0.25) is 9.78 Å². The van der Waals surface area contributed by atoms with Crippen LogP contribution in [0.2, 0.25) is 5.02 Å². The molecular weight excluding hydrogens is 400 g/mol. The van der Waals surface area contributed by atoms with Gasteiger partial charge < -0.3 is 15.3 Å². The molecule has 160 valence electrons. The van der Waals surface area contributed by atoms with Gasteiger partial charge in [0.1, 0.15) is 5.82 Å². The van der Waals surface area contributed by atoms with Gasteiger partial charge in [0.05, 0.1) is 16.8 Å². The van der Waals surface area contributed by atoms with Gasteiger partial charge in [0.2, 0.25) is 5.91 Å². The summed E-state index contributed by atoms with van der Waals surface area (Å²) in [5, 5.41) is 13.4. The van der Waals surface area contributed by atoms with Crippen LogP contribution in [0.1, 0.15) is 44.1 Å². The Balaban J connectivity index is 1.38. The molecule has 0 unspecified atom stereocenters. The van der Waals surface area contributed by atoms with E-state index in [-0.39, 0.29) is 24.0 Å². The van der Waals surface area contributed by atoms with Crippen LogP contribution in [0.5, 0.6) is 0 Å². The van der Waals surface area contributed by atoms with Gasteiger partial charge in [0, 0.05) is 43.0 Å². The number of pyridine rings is 2. The molecule has 30 heavy (non-hydrogen) atoms. The molecule has 2 N–H and O–H groups in total. The quantitative estimate of drug-likeness (QED) is 0.775. The number of amides is 1. The highest BCUT2D eigenvalue weighted by Gasteiger charge is 2.28. The molecule has 0 aromatic carbocycles. The number of rotatable bonds is 4. The Hall–Kier alpha value is -2.18. The van der Waals surface area contributed by atoms with E-state index in [1.165, 1.54) is 0 Å². The fourth-order valence-corrected chi connectivity index (χ4v) is 4.65. The normalized spacial score (nSPS) is 22.7. The van der Waals surface area contributed by atoms with E-state index in [4.69, 9.17) is 11.6 Å². The third-order valence-corrected chi connectivity index (χ3v) is 6.64. The Labute approximate surface area is 182 Å². The molecule has 1 saturated carbocycles. The molecule has 1 saturated heterocycles. The summed E-state index contributed by atoms with van der Waals surface area (Å²) in [5.41, 5.74) is 2.83. The molecule has 2 fully saturated rings. The fourth-order valence-electron chi connectivity index (χ4n) is 4.46. The van der Waals surface area contributed by atoms with E-state index >= 15 is 0 Å². The van der Waals surface area contributed by atoms with Crippen LogP contribution in [0.3, 0.4) is 0 Å². The molecule has 3 heterocycles. The van der Waals surface area contributed by atoms with Crippen molar-refractivity contribution in [1.29, 1.82) is 0 Å². The molecular formula is C23H29ClN4O2. The number of anilines is 1. The van der Waals surface area contributed by atoms with Crippen LogP contribution in [-0.4, -0.2) is 46.2 Å². The molecule has 2 aromatic heterocycles. The summed E-state index contributed by atoms with van der Waals surface area (Å²) in [6.45, 7) is 3.60. The second kappa shape index (κ2) is 9.31. The fraction of sp³-hybridized carbons (Fsp3) is 0.522. The van der Waals surface area contributed by atoms with Crippen molar-refractivity contribution in [3.05, 3.63) is 41.2 Å². The number of aromatic nitrogens is 2. The predicted molar refractivity (Wildman–Crippen MR) is 119 cm³/mol. The molecule has 0 atom stereocenters. The summed E-state index contributed by atoms with van der Waals surface area (Å²) in [5.74, 6) is 1.07. The minimum atomic E-state index is -0.201. The topological polar surface area (TPSA) is 78.4 Å². The molecule has 0 bridgehead atoms. The first-order chi connectivity index (χ1) is 14.5. The number of aliphatic hydroxyl groups excluding tert-OH is 1. The van der Waals surface area contributed by atoms with Gasteiger partial charge in [-0.25, -0.2) is 4.98 Å². The average Bonchev–Trinajstić information content (AvgIpc) is 2.76. The summed E-state index contributed by atoms with van der Waals surface area (Å²) in [6.07, 6.45) is 8.19. The van der Waals surface area contributed by atoms with Crippen molar-refractivity contribution in [1.82, 2.24) is 15.3 Å². The Morgan fingerprint density at radius 3 is 2.60 bits per heavy atom. The summed E-state index contributed by atoms with van der Waals surface area (Å²) in [7, 11) is 0. The number of aryl methyl sites for hydroxylation is 1. The van der Waals surface area contributed by atoms with Gasteiger partial charge in [-0.2, -0.15) is 0 Å². The van der Waals surface area contributed by atoms with Crippen molar-refractivity contribution in [3.63, 3.8) is 0 Å². The summed E-state index contributed by atoms with van der Waals surface area (Å²) in [4.78, 5) is 23.9. The molecule has 1 aliphatic carbocycles. The number of carbonyl (C=O) groups is 1. The number of nitrogens with one attached hydrogen (secondary N) is 1. The monoisotopic (exact) mass is 428 g/mol. The Kier molecular flexibility index (Phi) is 6.54. The molecule has 7 heteroatoms.